The molecule has 5 rings (SSSR count). The molecule has 2 heterocycles. The van der Waals surface area contributed by atoms with Crippen LogP contribution in [0.5, 0.6) is 5.75 Å². The Kier molecular flexibility index (Phi) is 7.12. The Morgan fingerprint density at radius 3 is 2.53 bits per heavy atom. The van der Waals surface area contributed by atoms with Crippen molar-refractivity contribution in [3.63, 3.8) is 0 Å². The minimum Gasteiger partial charge on any atom is -0.508 e. The van der Waals surface area contributed by atoms with Gasteiger partial charge in [0.05, 0.1) is 17.7 Å². The molecule has 0 radical (unpaired) electrons. The number of nitrogens with zero attached hydrogens (tertiary/aromatic N) is 3. The van der Waals surface area contributed by atoms with Crippen LogP contribution in [0.2, 0.25) is 0 Å². The van der Waals surface area contributed by atoms with E-state index in [1.165, 1.54) is 43.5 Å². The zero-order valence-corrected chi connectivity index (χ0v) is 20.5. The average molecular weight is 459 g/mol. The smallest absolute Gasteiger partial charge is 0.134 e. The minimum atomic E-state index is -0.0455. The maximum absolute atomic E-state index is 9.65. The first-order valence-corrected chi connectivity index (χ1v) is 13.1. The van der Waals surface area contributed by atoms with Gasteiger partial charge in [0.1, 0.15) is 11.6 Å². The Bertz CT molecular complexity index is 1030. The second-order valence-electron chi connectivity index (χ2n) is 10.1. The van der Waals surface area contributed by atoms with Gasteiger partial charge in [-0.1, -0.05) is 49.7 Å². The highest BCUT2D eigenvalue weighted by Crippen LogP contribution is 2.46. The Hall–Kier alpha value is -2.50. The first-order valence-electron chi connectivity index (χ1n) is 13.1. The van der Waals surface area contributed by atoms with Crippen molar-refractivity contribution >= 4 is 11.5 Å². The molecule has 1 aliphatic carbocycles. The van der Waals surface area contributed by atoms with E-state index in [1.807, 2.05) is 12.1 Å². The maximum Gasteiger partial charge on any atom is 0.134 e. The number of amidine groups is 1. The van der Waals surface area contributed by atoms with E-state index < -0.39 is 0 Å². The van der Waals surface area contributed by atoms with Crippen LogP contribution in [0.1, 0.15) is 61.6 Å². The lowest BCUT2D eigenvalue weighted by Crippen LogP contribution is -2.41. The van der Waals surface area contributed by atoms with Crippen molar-refractivity contribution in [1.29, 1.82) is 0 Å². The highest BCUT2D eigenvalue weighted by atomic mass is 16.3. The van der Waals surface area contributed by atoms with Gasteiger partial charge in [0, 0.05) is 19.6 Å². The van der Waals surface area contributed by atoms with Gasteiger partial charge in [0.2, 0.25) is 0 Å². The third kappa shape index (κ3) is 4.82. The number of phenolic OH excluding ortho intramolecular Hbond substituents is 1. The molecule has 0 spiro atoms. The first-order chi connectivity index (χ1) is 16.7. The van der Waals surface area contributed by atoms with Crippen LogP contribution in [0.4, 0.5) is 0 Å². The quantitative estimate of drug-likeness (QED) is 0.536. The summed E-state index contributed by atoms with van der Waals surface area (Å²) < 4.78 is 0. The zero-order valence-electron chi connectivity index (χ0n) is 20.5. The maximum atomic E-state index is 9.65. The SMILES string of the molecule is CCc1ccccc1C1CCN(CCNCC2=NC(C3(c4ccc(O)cc4)CCC3)=NC2)CC1. The lowest BCUT2D eigenvalue weighted by molar-refractivity contribution is 0.213. The molecule has 0 amide bonds. The average Bonchev–Trinajstić information content (AvgIpc) is 3.31. The number of aliphatic imine (C=N–C) groups is 2. The fourth-order valence-corrected chi connectivity index (χ4v) is 5.88. The number of hydrogen-bond donors (Lipinski definition) is 2. The summed E-state index contributed by atoms with van der Waals surface area (Å²) in [7, 11) is 0. The number of rotatable bonds is 9. The summed E-state index contributed by atoms with van der Waals surface area (Å²) in [5, 5.41) is 13.3. The van der Waals surface area contributed by atoms with E-state index in [9.17, 15) is 5.11 Å². The molecule has 2 N–H and O–H groups in total. The molecule has 1 saturated heterocycles. The molecule has 2 fully saturated rings. The lowest BCUT2D eigenvalue weighted by atomic mass is 9.63. The van der Waals surface area contributed by atoms with Crippen molar-refractivity contribution in [2.45, 2.75) is 56.8 Å². The van der Waals surface area contributed by atoms with E-state index in [-0.39, 0.29) is 5.41 Å². The van der Waals surface area contributed by atoms with Crippen LogP contribution in [-0.2, 0) is 11.8 Å². The van der Waals surface area contributed by atoms with Gasteiger partial charge in [-0.05, 0) is 79.9 Å². The van der Waals surface area contributed by atoms with Gasteiger partial charge in [0.25, 0.3) is 0 Å². The predicted octanol–water partition coefficient (Wildman–Crippen LogP) is 4.70. The molecule has 2 aliphatic heterocycles. The molecular formula is C29H38N4O. The van der Waals surface area contributed by atoms with Crippen LogP contribution in [-0.4, -0.2) is 60.8 Å². The summed E-state index contributed by atoms with van der Waals surface area (Å²) in [6.07, 6.45) is 7.06. The molecule has 0 bridgehead atoms. The topological polar surface area (TPSA) is 60.2 Å². The Balaban J connectivity index is 1.06. The van der Waals surface area contributed by atoms with Crippen LogP contribution in [0, 0.1) is 0 Å². The van der Waals surface area contributed by atoms with Gasteiger partial charge in [0.15, 0.2) is 0 Å². The number of benzene rings is 2. The number of piperidine rings is 1. The highest BCUT2D eigenvalue weighted by molar-refractivity contribution is 6.09. The monoisotopic (exact) mass is 458 g/mol. The molecular weight excluding hydrogens is 420 g/mol. The van der Waals surface area contributed by atoms with Crippen molar-refractivity contribution < 1.29 is 5.11 Å². The number of phenols is 1. The van der Waals surface area contributed by atoms with Crippen molar-refractivity contribution in [2.75, 3.05) is 39.3 Å². The summed E-state index contributed by atoms with van der Waals surface area (Å²) in [4.78, 5) is 12.4. The summed E-state index contributed by atoms with van der Waals surface area (Å²) >= 11 is 0. The fraction of sp³-hybridized carbons (Fsp3) is 0.517. The predicted molar refractivity (Wildman–Crippen MR) is 140 cm³/mol. The molecule has 0 atom stereocenters. The molecule has 0 aromatic heterocycles. The van der Waals surface area contributed by atoms with E-state index in [0.717, 1.165) is 56.4 Å². The summed E-state index contributed by atoms with van der Waals surface area (Å²) in [5.41, 5.74) is 5.44. The van der Waals surface area contributed by atoms with Crippen LogP contribution in [0.25, 0.3) is 0 Å². The largest absolute Gasteiger partial charge is 0.508 e. The third-order valence-corrected chi connectivity index (χ3v) is 8.13. The van der Waals surface area contributed by atoms with Crippen LogP contribution < -0.4 is 5.32 Å². The normalized spacial score (nSPS) is 20.6. The van der Waals surface area contributed by atoms with E-state index in [4.69, 9.17) is 9.98 Å². The Labute approximate surface area is 204 Å². The van der Waals surface area contributed by atoms with Gasteiger partial charge in [-0.2, -0.15) is 0 Å². The number of nitrogens with one attached hydrogen (secondary N) is 1. The molecule has 3 aliphatic rings. The number of aryl methyl sites for hydroxylation is 1. The van der Waals surface area contributed by atoms with Gasteiger partial charge in [-0.25, -0.2) is 4.99 Å². The van der Waals surface area contributed by atoms with E-state index in [1.54, 1.807) is 17.7 Å². The molecule has 34 heavy (non-hydrogen) atoms. The second-order valence-corrected chi connectivity index (χ2v) is 10.1. The zero-order chi connectivity index (χ0) is 23.4. The van der Waals surface area contributed by atoms with Crippen LogP contribution in [0.15, 0.2) is 58.5 Å². The van der Waals surface area contributed by atoms with Crippen molar-refractivity contribution in [2.24, 2.45) is 9.98 Å². The van der Waals surface area contributed by atoms with E-state index in [2.05, 4.69) is 41.4 Å². The molecule has 2 aromatic rings. The molecule has 0 unspecified atom stereocenters. The molecule has 2 aromatic carbocycles. The van der Waals surface area contributed by atoms with E-state index in [0.29, 0.717) is 12.3 Å². The third-order valence-electron chi connectivity index (χ3n) is 8.13. The standard InChI is InChI=1S/C29H38N4O/c1-2-22-6-3-4-7-27(22)23-12-17-33(18-13-23)19-16-30-20-25-21-31-28(32-25)29(14-5-15-29)24-8-10-26(34)11-9-24/h3-4,6-11,23,30,34H,2,5,12-21H2,1H3. The van der Waals surface area contributed by atoms with Gasteiger partial charge < -0.3 is 15.3 Å². The van der Waals surface area contributed by atoms with Crippen molar-refractivity contribution in [3.8, 4) is 5.75 Å². The first kappa shape index (κ1) is 23.3. The van der Waals surface area contributed by atoms with Crippen molar-refractivity contribution in [3.05, 3.63) is 65.2 Å². The number of aromatic hydroxyl groups is 1. The molecule has 1 saturated carbocycles. The Morgan fingerprint density at radius 1 is 1.06 bits per heavy atom. The minimum absolute atomic E-state index is 0.0455. The second kappa shape index (κ2) is 10.4. The summed E-state index contributed by atoms with van der Waals surface area (Å²) in [6, 6.07) is 16.6. The highest BCUT2D eigenvalue weighted by Gasteiger charge is 2.44. The van der Waals surface area contributed by atoms with Gasteiger partial charge in [-0.15, -0.1) is 0 Å². The van der Waals surface area contributed by atoms with Crippen LogP contribution in [0.3, 0.4) is 0 Å². The molecule has 5 nitrogen and oxygen atoms in total. The van der Waals surface area contributed by atoms with Gasteiger partial charge >= 0.3 is 0 Å². The Morgan fingerprint density at radius 2 is 1.82 bits per heavy atom. The molecule has 180 valence electrons. The van der Waals surface area contributed by atoms with E-state index >= 15 is 0 Å². The lowest BCUT2D eigenvalue weighted by Gasteiger charge is -2.41. The van der Waals surface area contributed by atoms with Crippen molar-refractivity contribution in [1.82, 2.24) is 10.2 Å². The summed E-state index contributed by atoms with van der Waals surface area (Å²) in [5.74, 6) is 2.03. The van der Waals surface area contributed by atoms with Gasteiger partial charge in [-0.3, -0.25) is 4.99 Å². The number of hydrogen-bond acceptors (Lipinski definition) is 5. The molecule has 5 heteroatoms. The summed E-state index contributed by atoms with van der Waals surface area (Å²) in [6.45, 7) is 8.26. The number of likely N-dealkylation sites (tertiary alicyclic amines) is 1. The fourth-order valence-electron chi connectivity index (χ4n) is 5.88. The van der Waals surface area contributed by atoms with Crippen LogP contribution >= 0.6 is 0 Å².